The highest BCUT2D eigenvalue weighted by atomic mass is 79.9. The molecule has 5 nitrogen and oxygen atoms in total. The third-order valence-electron chi connectivity index (χ3n) is 3.17. The van der Waals surface area contributed by atoms with E-state index >= 15 is 0 Å². The second kappa shape index (κ2) is 5.67. The Morgan fingerprint density at radius 2 is 2.16 bits per heavy atom. The molecule has 1 saturated heterocycles. The van der Waals surface area contributed by atoms with Crippen molar-refractivity contribution in [3.8, 4) is 0 Å². The molecule has 2 N–H and O–H groups in total. The van der Waals surface area contributed by atoms with E-state index in [1.165, 1.54) is 23.5 Å². The maximum atomic E-state index is 12.5. The van der Waals surface area contributed by atoms with Gasteiger partial charge in [-0.05, 0) is 18.2 Å². The minimum absolute atomic E-state index is 0.0407. The van der Waals surface area contributed by atoms with E-state index in [9.17, 15) is 13.5 Å². The van der Waals surface area contributed by atoms with E-state index in [1.807, 2.05) is 0 Å². The van der Waals surface area contributed by atoms with Gasteiger partial charge in [0.1, 0.15) is 4.90 Å². The van der Waals surface area contributed by atoms with Crippen LogP contribution in [-0.2, 0) is 10.0 Å². The molecule has 1 aromatic carbocycles. The van der Waals surface area contributed by atoms with Gasteiger partial charge in [0, 0.05) is 24.6 Å². The number of aliphatic hydroxyl groups excluding tert-OH is 1. The van der Waals surface area contributed by atoms with E-state index in [1.54, 1.807) is 6.07 Å². The van der Waals surface area contributed by atoms with Gasteiger partial charge in [-0.25, -0.2) is 8.42 Å². The van der Waals surface area contributed by atoms with Gasteiger partial charge < -0.3 is 10.4 Å². The first-order chi connectivity index (χ1) is 8.84. The van der Waals surface area contributed by atoms with E-state index in [4.69, 9.17) is 11.6 Å². The maximum Gasteiger partial charge on any atom is 0.244 e. The van der Waals surface area contributed by atoms with Crippen LogP contribution in [0, 0.1) is 0 Å². The standard InChI is InChI=1S/C11H14BrClN2O3S/c1-15(9-5-14-6-10(9)16)19(17,18)11-3-2-7(12)4-8(11)13/h2-4,9-10,14,16H,5-6H2,1H3/t9-,10-/m1/s1. The predicted molar refractivity (Wildman–Crippen MR) is 76.8 cm³/mol. The van der Waals surface area contributed by atoms with Gasteiger partial charge in [-0.15, -0.1) is 0 Å². The molecule has 1 heterocycles. The Bertz CT molecular complexity index is 581. The maximum absolute atomic E-state index is 12.5. The molecule has 1 aliphatic rings. The summed E-state index contributed by atoms with van der Waals surface area (Å²) >= 11 is 9.22. The van der Waals surface area contributed by atoms with Crippen LogP contribution in [-0.4, -0.2) is 50.1 Å². The molecule has 0 bridgehead atoms. The van der Waals surface area contributed by atoms with Gasteiger partial charge in [0.05, 0.1) is 17.2 Å². The molecule has 0 aromatic heterocycles. The molecule has 2 rings (SSSR count). The summed E-state index contributed by atoms with van der Waals surface area (Å²) in [7, 11) is -2.27. The van der Waals surface area contributed by atoms with Crippen molar-refractivity contribution in [3.05, 3.63) is 27.7 Å². The molecule has 2 atom stereocenters. The van der Waals surface area contributed by atoms with Crippen LogP contribution in [0.4, 0.5) is 0 Å². The largest absolute Gasteiger partial charge is 0.390 e. The number of nitrogens with one attached hydrogen (secondary N) is 1. The van der Waals surface area contributed by atoms with Crippen molar-refractivity contribution in [1.82, 2.24) is 9.62 Å². The number of nitrogens with zero attached hydrogens (tertiary/aromatic N) is 1. The van der Waals surface area contributed by atoms with Crippen LogP contribution in [0.3, 0.4) is 0 Å². The van der Waals surface area contributed by atoms with Gasteiger partial charge in [0.25, 0.3) is 0 Å². The number of benzene rings is 1. The summed E-state index contributed by atoms with van der Waals surface area (Å²) in [6, 6.07) is 4.12. The number of hydrogen-bond donors (Lipinski definition) is 2. The first-order valence-electron chi connectivity index (χ1n) is 5.66. The summed E-state index contributed by atoms with van der Waals surface area (Å²) in [5.74, 6) is 0. The number of β-amino-alcohol motifs (C(OH)–C–C–N with tert-alkyl or cyclic N) is 1. The SMILES string of the molecule is CN([C@@H]1CNC[C@H]1O)S(=O)(=O)c1ccc(Br)cc1Cl. The molecule has 8 heteroatoms. The second-order valence-corrected chi connectivity index (χ2v) is 7.68. The Morgan fingerprint density at radius 3 is 2.68 bits per heavy atom. The first kappa shape index (κ1) is 15.2. The van der Waals surface area contributed by atoms with E-state index in [0.717, 1.165) is 0 Å². The zero-order chi connectivity index (χ0) is 14.2. The van der Waals surface area contributed by atoms with Gasteiger partial charge in [0.15, 0.2) is 0 Å². The van der Waals surface area contributed by atoms with E-state index in [0.29, 0.717) is 17.6 Å². The topological polar surface area (TPSA) is 69.6 Å². The van der Waals surface area contributed by atoms with Crippen LogP contribution in [0.15, 0.2) is 27.6 Å². The summed E-state index contributed by atoms with van der Waals surface area (Å²) in [6.07, 6.45) is -0.714. The molecule has 1 aliphatic heterocycles. The summed E-state index contributed by atoms with van der Waals surface area (Å²) in [6.45, 7) is 0.809. The summed E-state index contributed by atoms with van der Waals surface area (Å²) in [4.78, 5) is 0.0407. The zero-order valence-electron chi connectivity index (χ0n) is 10.2. The van der Waals surface area contributed by atoms with Crippen LogP contribution < -0.4 is 5.32 Å². The van der Waals surface area contributed by atoms with Crippen molar-refractivity contribution >= 4 is 37.6 Å². The van der Waals surface area contributed by atoms with Crippen molar-refractivity contribution < 1.29 is 13.5 Å². The third kappa shape index (κ3) is 2.96. The van der Waals surface area contributed by atoms with Gasteiger partial charge >= 0.3 is 0 Å². The van der Waals surface area contributed by atoms with Crippen molar-refractivity contribution in [2.75, 3.05) is 20.1 Å². The van der Waals surface area contributed by atoms with Crippen LogP contribution in [0.25, 0.3) is 0 Å². The molecule has 0 radical (unpaired) electrons. The van der Waals surface area contributed by atoms with Crippen molar-refractivity contribution in [1.29, 1.82) is 0 Å². The summed E-state index contributed by atoms with van der Waals surface area (Å²) < 4.78 is 26.9. The van der Waals surface area contributed by atoms with Crippen LogP contribution >= 0.6 is 27.5 Å². The Balaban J connectivity index is 2.36. The van der Waals surface area contributed by atoms with E-state index in [-0.39, 0.29) is 9.92 Å². The lowest BCUT2D eigenvalue weighted by Crippen LogP contribution is -2.44. The monoisotopic (exact) mass is 368 g/mol. The van der Waals surface area contributed by atoms with Crippen LogP contribution in [0.1, 0.15) is 0 Å². The fourth-order valence-electron chi connectivity index (χ4n) is 2.04. The van der Waals surface area contributed by atoms with E-state index < -0.39 is 22.2 Å². The van der Waals surface area contributed by atoms with Gasteiger partial charge in [-0.3, -0.25) is 0 Å². The number of aliphatic hydroxyl groups is 1. The highest BCUT2D eigenvalue weighted by molar-refractivity contribution is 9.10. The highest BCUT2D eigenvalue weighted by Gasteiger charge is 2.36. The normalized spacial score (nSPS) is 24.1. The lowest BCUT2D eigenvalue weighted by atomic mass is 10.2. The molecule has 0 aliphatic carbocycles. The average molecular weight is 370 g/mol. The highest BCUT2D eigenvalue weighted by Crippen LogP contribution is 2.28. The third-order valence-corrected chi connectivity index (χ3v) is 6.03. The predicted octanol–water partition coefficient (Wildman–Crippen LogP) is 1.06. The molecule has 0 amide bonds. The Hall–Kier alpha value is -0.180. The zero-order valence-corrected chi connectivity index (χ0v) is 13.3. The quantitative estimate of drug-likeness (QED) is 0.836. The minimum Gasteiger partial charge on any atom is -0.390 e. The lowest BCUT2D eigenvalue weighted by Gasteiger charge is -2.26. The average Bonchev–Trinajstić information content (AvgIpc) is 2.73. The fourth-order valence-corrected chi connectivity index (χ4v) is 4.43. The van der Waals surface area contributed by atoms with Gasteiger partial charge in [0.2, 0.25) is 10.0 Å². The minimum atomic E-state index is -3.72. The van der Waals surface area contributed by atoms with Crippen LogP contribution in [0.5, 0.6) is 0 Å². The lowest BCUT2D eigenvalue weighted by molar-refractivity contribution is 0.136. The Labute approximate surface area is 125 Å². The molecule has 106 valence electrons. The fraction of sp³-hybridized carbons (Fsp3) is 0.455. The molecule has 1 fully saturated rings. The van der Waals surface area contributed by atoms with Gasteiger partial charge in [-0.2, -0.15) is 4.31 Å². The molecule has 1 aromatic rings. The number of rotatable bonds is 3. The second-order valence-electron chi connectivity index (χ2n) is 4.39. The van der Waals surface area contributed by atoms with Gasteiger partial charge in [-0.1, -0.05) is 27.5 Å². The Kier molecular flexibility index (Phi) is 4.54. The molecule has 0 spiro atoms. The molecule has 19 heavy (non-hydrogen) atoms. The number of hydrogen-bond acceptors (Lipinski definition) is 4. The van der Waals surface area contributed by atoms with Crippen molar-refractivity contribution in [3.63, 3.8) is 0 Å². The summed E-state index contributed by atoms with van der Waals surface area (Å²) in [5.41, 5.74) is 0. The summed E-state index contributed by atoms with van der Waals surface area (Å²) in [5, 5.41) is 12.9. The molecule has 0 saturated carbocycles. The Morgan fingerprint density at radius 1 is 1.47 bits per heavy atom. The van der Waals surface area contributed by atoms with E-state index in [2.05, 4.69) is 21.2 Å². The number of sulfonamides is 1. The van der Waals surface area contributed by atoms with Crippen LogP contribution in [0.2, 0.25) is 5.02 Å². The first-order valence-corrected chi connectivity index (χ1v) is 8.27. The molecular formula is C11H14BrClN2O3S. The number of halogens is 2. The van der Waals surface area contributed by atoms with Crippen molar-refractivity contribution in [2.45, 2.75) is 17.0 Å². The smallest absolute Gasteiger partial charge is 0.244 e. The molecule has 0 unspecified atom stereocenters. The van der Waals surface area contributed by atoms with Crippen molar-refractivity contribution in [2.24, 2.45) is 0 Å². The number of likely N-dealkylation sites (N-methyl/N-ethyl adjacent to an activating group) is 1. The molecular weight excluding hydrogens is 356 g/mol.